The summed E-state index contributed by atoms with van der Waals surface area (Å²) in [6, 6.07) is 63.0. The zero-order valence-corrected chi connectivity index (χ0v) is 29.1. The highest BCUT2D eigenvalue weighted by Crippen LogP contribution is 2.43. The van der Waals surface area contributed by atoms with Crippen molar-refractivity contribution in [2.24, 2.45) is 0 Å². The van der Waals surface area contributed by atoms with E-state index in [4.69, 9.17) is 15.0 Å². The highest BCUT2D eigenvalue weighted by Gasteiger charge is 2.29. The van der Waals surface area contributed by atoms with Gasteiger partial charge in [-0.3, -0.25) is 0 Å². The Hall–Kier alpha value is -6.48. The lowest BCUT2D eigenvalue weighted by molar-refractivity contribution is 0.592. The fourth-order valence-corrected chi connectivity index (χ4v) is 9.74. The Balaban J connectivity index is 1.14. The molecule has 2 heterocycles. The number of fused-ring (bicyclic) bond motifs is 3. The summed E-state index contributed by atoms with van der Waals surface area (Å²) in [5.74, 6) is 0.613. The Morgan fingerprint density at radius 2 is 1.00 bits per heavy atom. The van der Waals surface area contributed by atoms with Crippen LogP contribution in [0, 0.1) is 0 Å². The molecule has 7 aromatic carbocycles. The molecule has 4 nitrogen and oxygen atoms in total. The van der Waals surface area contributed by atoms with E-state index in [1.165, 1.54) is 10.9 Å². The van der Waals surface area contributed by atoms with E-state index in [-0.39, 0.29) is 0 Å². The number of rotatable bonds is 7. The van der Waals surface area contributed by atoms with Crippen LogP contribution in [0.15, 0.2) is 194 Å². The van der Waals surface area contributed by atoms with E-state index in [9.17, 15) is 4.57 Å². The Kier molecular flexibility index (Phi) is 8.08. The maximum absolute atomic E-state index is 14.9. The summed E-state index contributed by atoms with van der Waals surface area (Å²) in [5, 5.41) is 5.75. The molecule has 9 aromatic rings. The quantitative estimate of drug-likeness (QED) is 0.124. The van der Waals surface area contributed by atoms with Gasteiger partial charge in [-0.05, 0) is 23.3 Å². The lowest BCUT2D eigenvalue weighted by Gasteiger charge is -2.20. The van der Waals surface area contributed by atoms with Crippen LogP contribution >= 0.6 is 7.14 Å². The lowest BCUT2D eigenvalue weighted by Crippen LogP contribution is -2.24. The van der Waals surface area contributed by atoms with Crippen molar-refractivity contribution in [3.05, 3.63) is 194 Å². The first-order chi connectivity index (χ1) is 25.7. The van der Waals surface area contributed by atoms with E-state index in [0.717, 1.165) is 65.8 Å². The summed E-state index contributed by atoms with van der Waals surface area (Å²) in [6.45, 7) is 0. The molecule has 2 aromatic heterocycles. The molecule has 5 heteroatoms. The van der Waals surface area contributed by atoms with Crippen LogP contribution < -0.4 is 15.9 Å². The third kappa shape index (κ3) is 5.60. The second-order valence-electron chi connectivity index (χ2n) is 12.7. The second kappa shape index (κ2) is 13.3. The predicted molar refractivity (Wildman–Crippen MR) is 216 cm³/mol. The number of hydrogen-bond donors (Lipinski definition) is 0. The normalized spacial score (nSPS) is 11.5. The summed E-state index contributed by atoms with van der Waals surface area (Å²) in [7, 11) is -3.08. The minimum atomic E-state index is -3.08. The van der Waals surface area contributed by atoms with Gasteiger partial charge >= 0.3 is 0 Å². The third-order valence-corrected chi connectivity index (χ3v) is 12.7. The van der Waals surface area contributed by atoms with E-state index in [1.807, 2.05) is 103 Å². The fraction of sp³-hybridized carbons (Fsp3) is 0. The highest BCUT2D eigenvalue weighted by atomic mass is 31.2. The van der Waals surface area contributed by atoms with Gasteiger partial charge in [0, 0.05) is 55.0 Å². The van der Waals surface area contributed by atoms with Crippen LogP contribution in [0.5, 0.6) is 0 Å². The average molecular weight is 686 g/mol. The molecule has 0 N–H and O–H groups in total. The first-order valence-electron chi connectivity index (χ1n) is 17.3. The van der Waals surface area contributed by atoms with Gasteiger partial charge < -0.3 is 4.57 Å². The average Bonchev–Trinajstić information content (AvgIpc) is 3.24. The Labute approximate surface area is 302 Å². The summed E-state index contributed by atoms with van der Waals surface area (Å²) in [4.78, 5) is 15.0. The summed E-state index contributed by atoms with van der Waals surface area (Å²) >= 11 is 0. The van der Waals surface area contributed by atoms with E-state index < -0.39 is 7.14 Å². The standard InChI is InChI=1S/C47H32N3OP/c51-52(37-18-9-3-10-19-37,38-20-11-4-12-21-38)39-27-24-34(25-28-39)43-30-31-48-47(50-43)36-26-29-41-44(32-36)49-46(35-16-7-2-8-17-35)42-23-13-22-40(45(41)42)33-14-5-1-6-15-33/h1-32H. The number of pyridine rings is 1. The van der Waals surface area contributed by atoms with Crippen molar-refractivity contribution in [1.29, 1.82) is 0 Å². The van der Waals surface area contributed by atoms with E-state index in [2.05, 4.69) is 84.9 Å². The van der Waals surface area contributed by atoms with Crippen LogP contribution in [-0.2, 0) is 4.57 Å². The molecule has 9 rings (SSSR count). The first kappa shape index (κ1) is 31.5. The molecule has 0 amide bonds. The van der Waals surface area contributed by atoms with Crippen molar-refractivity contribution in [1.82, 2.24) is 15.0 Å². The molecular weight excluding hydrogens is 654 g/mol. The zero-order valence-electron chi connectivity index (χ0n) is 28.2. The maximum atomic E-state index is 14.9. The molecule has 0 atom stereocenters. The summed E-state index contributed by atoms with van der Waals surface area (Å²) in [6.07, 6.45) is 1.80. The maximum Gasteiger partial charge on any atom is 0.171 e. The largest absolute Gasteiger partial charge is 0.309 e. The molecule has 0 aliphatic heterocycles. The van der Waals surface area contributed by atoms with Crippen molar-refractivity contribution in [2.75, 3.05) is 0 Å². The monoisotopic (exact) mass is 685 g/mol. The highest BCUT2D eigenvalue weighted by molar-refractivity contribution is 7.85. The third-order valence-electron chi connectivity index (χ3n) is 9.63. The lowest BCUT2D eigenvalue weighted by atomic mass is 9.92. The van der Waals surface area contributed by atoms with Crippen LogP contribution in [0.4, 0.5) is 0 Å². The van der Waals surface area contributed by atoms with Crippen LogP contribution in [0.2, 0.25) is 0 Å². The second-order valence-corrected chi connectivity index (χ2v) is 15.5. The molecule has 0 unspecified atom stereocenters. The minimum Gasteiger partial charge on any atom is -0.309 e. The number of hydrogen-bond acceptors (Lipinski definition) is 4. The van der Waals surface area contributed by atoms with Gasteiger partial charge in [0.1, 0.15) is 0 Å². The van der Waals surface area contributed by atoms with E-state index in [1.54, 1.807) is 6.20 Å². The van der Waals surface area contributed by atoms with Crippen molar-refractivity contribution in [3.63, 3.8) is 0 Å². The summed E-state index contributed by atoms with van der Waals surface area (Å²) < 4.78 is 14.9. The minimum absolute atomic E-state index is 0.613. The molecule has 0 radical (unpaired) electrons. The van der Waals surface area contributed by atoms with Crippen LogP contribution in [-0.4, -0.2) is 15.0 Å². The van der Waals surface area contributed by atoms with Gasteiger partial charge in [-0.2, -0.15) is 0 Å². The Morgan fingerprint density at radius 3 is 1.65 bits per heavy atom. The van der Waals surface area contributed by atoms with Gasteiger partial charge in [-0.25, -0.2) is 15.0 Å². The van der Waals surface area contributed by atoms with Gasteiger partial charge in [-0.1, -0.05) is 176 Å². The van der Waals surface area contributed by atoms with Gasteiger partial charge in [0.25, 0.3) is 0 Å². The summed E-state index contributed by atoms with van der Waals surface area (Å²) in [5.41, 5.74) is 7.80. The first-order valence-corrected chi connectivity index (χ1v) is 19.0. The molecule has 0 spiro atoms. The Bertz CT molecular complexity index is 2690. The van der Waals surface area contributed by atoms with Gasteiger partial charge in [0.2, 0.25) is 0 Å². The molecule has 0 aliphatic carbocycles. The van der Waals surface area contributed by atoms with Gasteiger partial charge in [0.15, 0.2) is 13.0 Å². The number of nitrogens with zero attached hydrogens (tertiary/aromatic N) is 3. The molecule has 0 saturated heterocycles. The predicted octanol–water partition coefficient (Wildman–Crippen LogP) is 10.5. The van der Waals surface area contributed by atoms with Crippen molar-refractivity contribution < 1.29 is 4.57 Å². The van der Waals surface area contributed by atoms with E-state index >= 15 is 0 Å². The molecule has 0 saturated carbocycles. The molecule has 0 bridgehead atoms. The molecule has 246 valence electrons. The number of aromatic nitrogens is 3. The van der Waals surface area contributed by atoms with Crippen LogP contribution in [0.25, 0.3) is 66.7 Å². The van der Waals surface area contributed by atoms with Crippen LogP contribution in [0.1, 0.15) is 0 Å². The SMILES string of the molecule is O=P(c1ccccc1)(c1ccccc1)c1ccc(-c2ccnc(-c3ccc4c(c3)nc(-c3ccccc3)c3cccc(-c5ccccc5)c34)n2)cc1. The smallest absolute Gasteiger partial charge is 0.171 e. The fourth-order valence-electron chi connectivity index (χ4n) is 7.09. The van der Waals surface area contributed by atoms with E-state index in [0.29, 0.717) is 5.82 Å². The molecular formula is C47H32N3OP. The zero-order chi connectivity index (χ0) is 34.9. The van der Waals surface area contributed by atoms with Crippen LogP contribution in [0.3, 0.4) is 0 Å². The topological polar surface area (TPSA) is 55.7 Å². The van der Waals surface area contributed by atoms with Crippen molar-refractivity contribution in [3.8, 4) is 45.0 Å². The van der Waals surface area contributed by atoms with Gasteiger partial charge in [-0.15, -0.1) is 0 Å². The van der Waals surface area contributed by atoms with Crippen molar-refractivity contribution in [2.45, 2.75) is 0 Å². The molecule has 52 heavy (non-hydrogen) atoms. The Morgan fingerprint density at radius 1 is 0.423 bits per heavy atom. The number of benzene rings is 7. The molecule has 0 fully saturated rings. The van der Waals surface area contributed by atoms with Gasteiger partial charge in [0.05, 0.1) is 16.9 Å². The molecule has 0 aliphatic rings. The van der Waals surface area contributed by atoms with Crippen molar-refractivity contribution >= 4 is 44.7 Å².